The molecule has 2 rings (SSSR count). The van der Waals surface area contributed by atoms with E-state index in [9.17, 15) is 4.39 Å². The number of benzene rings is 2. The Hall–Kier alpha value is -1.67. The standard InChI is InChI=1S/C19H24FN/c1-5-11-21-19(16-8-6-7-14(3)15(16)4)17-12-13(2)9-10-18(17)20/h6-10,12,19,21H,5,11H2,1-4H3. The first-order valence-electron chi connectivity index (χ1n) is 7.60. The summed E-state index contributed by atoms with van der Waals surface area (Å²) >= 11 is 0. The maximum Gasteiger partial charge on any atom is 0.128 e. The van der Waals surface area contributed by atoms with Crippen molar-refractivity contribution in [2.45, 2.75) is 40.2 Å². The lowest BCUT2D eigenvalue weighted by molar-refractivity contribution is 0.544. The molecule has 2 aromatic carbocycles. The zero-order valence-corrected chi connectivity index (χ0v) is 13.3. The van der Waals surface area contributed by atoms with Gasteiger partial charge in [-0.15, -0.1) is 0 Å². The van der Waals surface area contributed by atoms with Gasteiger partial charge in [0.25, 0.3) is 0 Å². The molecule has 0 bridgehead atoms. The number of rotatable bonds is 5. The lowest BCUT2D eigenvalue weighted by Gasteiger charge is -2.23. The van der Waals surface area contributed by atoms with E-state index in [4.69, 9.17) is 0 Å². The molecule has 1 N–H and O–H groups in total. The minimum absolute atomic E-state index is 0.0928. The molecule has 0 saturated heterocycles. The molecule has 0 aliphatic rings. The maximum absolute atomic E-state index is 14.3. The maximum atomic E-state index is 14.3. The summed E-state index contributed by atoms with van der Waals surface area (Å²) in [4.78, 5) is 0. The molecule has 1 nitrogen and oxygen atoms in total. The summed E-state index contributed by atoms with van der Waals surface area (Å²) in [5.74, 6) is -0.143. The SMILES string of the molecule is CCCNC(c1cc(C)ccc1F)c1cccc(C)c1C. The van der Waals surface area contributed by atoms with Gasteiger partial charge in [-0.2, -0.15) is 0 Å². The zero-order valence-electron chi connectivity index (χ0n) is 13.3. The highest BCUT2D eigenvalue weighted by atomic mass is 19.1. The predicted molar refractivity (Wildman–Crippen MR) is 87.2 cm³/mol. The van der Waals surface area contributed by atoms with Gasteiger partial charge in [0, 0.05) is 5.56 Å². The predicted octanol–water partition coefficient (Wildman–Crippen LogP) is 4.84. The first kappa shape index (κ1) is 15.7. The summed E-state index contributed by atoms with van der Waals surface area (Å²) in [6.07, 6.45) is 1.02. The van der Waals surface area contributed by atoms with Gasteiger partial charge in [-0.05, 0) is 56.5 Å². The molecule has 0 aliphatic carbocycles. The number of halogens is 1. The Morgan fingerprint density at radius 2 is 1.81 bits per heavy atom. The van der Waals surface area contributed by atoms with Gasteiger partial charge >= 0.3 is 0 Å². The Morgan fingerprint density at radius 3 is 2.52 bits per heavy atom. The van der Waals surface area contributed by atoms with Crippen molar-refractivity contribution >= 4 is 0 Å². The lowest BCUT2D eigenvalue weighted by atomic mass is 9.91. The van der Waals surface area contributed by atoms with Crippen LogP contribution in [0.2, 0.25) is 0 Å². The van der Waals surface area contributed by atoms with Crippen LogP contribution in [-0.2, 0) is 0 Å². The van der Waals surface area contributed by atoms with Crippen LogP contribution in [-0.4, -0.2) is 6.54 Å². The summed E-state index contributed by atoms with van der Waals surface area (Å²) < 4.78 is 14.3. The van der Waals surface area contributed by atoms with Gasteiger partial charge in [-0.25, -0.2) is 4.39 Å². The van der Waals surface area contributed by atoms with Crippen molar-refractivity contribution in [1.82, 2.24) is 5.32 Å². The minimum Gasteiger partial charge on any atom is -0.306 e. The van der Waals surface area contributed by atoms with Crippen LogP contribution >= 0.6 is 0 Å². The van der Waals surface area contributed by atoms with Gasteiger partial charge in [0.2, 0.25) is 0 Å². The molecule has 0 saturated carbocycles. The van der Waals surface area contributed by atoms with Crippen LogP contribution in [0.3, 0.4) is 0 Å². The molecule has 0 aromatic heterocycles. The van der Waals surface area contributed by atoms with Gasteiger partial charge in [0.1, 0.15) is 5.82 Å². The highest BCUT2D eigenvalue weighted by Gasteiger charge is 2.19. The molecule has 21 heavy (non-hydrogen) atoms. The van der Waals surface area contributed by atoms with Crippen LogP contribution in [0.4, 0.5) is 4.39 Å². The lowest BCUT2D eigenvalue weighted by Crippen LogP contribution is -2.25. The fourth-order valence-corrected chi connectivity index (χ4v) is 2.65. The molecular formula is C19H24FN. The van der Waals surface area contributed by atoms with E-state index in [0.717, 1.165) is 29.7 Å². The van der Waals surface area contributed by atoms with Crippen LogP contribution in [0.1, 0.15) is 47.2 Å². The van der Waals surface area contributed by atoms with Crippen molar-refractivity contribution in [2.24, 2.45) is 0 Å². The summed E-state index contributed by atoms with van der Waals surface area (Å²) in [6.45, 7) is 9.20. The van der Waals surface area contributed by atoms with Crippen molar-refractivity contribution in [3.05, 3.63) is 70.0 Å². The molecule has 1 atom stereocenters. The topological polar surface area (TPSA) is 12.0 Å². The molecule has 2 aromatic rings. The van der Waals surface area contributed by atoms with Crippen LogP contribution in [0.5, 0.6) is 0 Å². The average molecular weight is 285 g/mol. The van der Waals surface area contributed by atoms with Crippen molar-refractivity contribution in [2.75, 3.05) is 6.54 Å². The number of nitrogens with one attached hydrogen (secondary N) is 1. The molecular weight excluding hydrogens is 261 g/mol. The fraction of sp³-hybridized carbons (Fsp3) is 0.368. The van der Waals surface area contributed by atoms with Crippen LogP contribution in [0, 0.1) is 26.6 Å². The molecule has 1 unspecified atom stereocenters. The fourth-order valence-electron chi connectivity index (χ4n) is 2.65. The molecule has 0 spiro atoms. The first-order chi connectivity index (χ1) is 10.0. The Balaban J connectivity index is 2.52. The van der Waals surface area contributed by atoms with Crippen molar-refractivity contribution in [1.29, 1.82) is 0 Å². The summed E-state index contributed by atoms with van der Waals surface area (Å²) in [7, 11) is 0. The second kappa shape index (κ2) is 6.86. The largest absolute Gasteiger partial charge is 0.306 e. The zero-order chi connectivity index (χ0) is 15.4. The van der Waals surface area contributed by atoms with E-state index >= 15 is 0 Å². The molecule has 0 heterocycles. The second-order valence-electron chi connectivity index (χ2n) is 5.70. The van der Waals surface area contributed by atoms with Gasteiger partial charge in [0.05, 0.1) is 6.04 Å². The Labute approximate surface area is 127 Å². The summed E-state index contributed by atoms with van der Waals surface area (Å²) in [5.41, 5.74) is 5.45. The highest BCUT2D eigenvalue weighted by molar-refractivity contribution is 5.42. The number of aryl methyl sites for hydroxylation is 2. The van der Waals surface area contributed by atoms with E-state index in [0.29, 0.717) is 0 Å². The van der Waals surface area contributed by atoms with E-state index in [-0.39, 0.29) is 11.9 Å². The third kappa shape index (κ3) is 3.51. The summed E-state index contributed by atoms with van der Waals surface area (Å²) in [5, 5.41) is 3.50. The van der Waals surface area contributed by atoms with Gasteiger partial charge in [-0.1, -0.05) is 42.8 Å². The van der Waals surface area contributed by atoms with Crippen LogP contribution in [0.25, 0.3) is 0 Å². The first-order valence-corrected chi connectivity index (χ1v) is 7.60. The Morgan fingerprint density at radius 1 is 1.05 bits per heavy atom. The Bertz CT molecular complexity index is 617. The third-order valence-corrected chi connectivity index (χ3v) is 4.02. The second-order valence-corrected chi connectivity index (χ2v) is 5.70. The van der Waals surface area contributed by atoms with Crippen molar-refractivity contribution in [3.63, 3.8) is 0 Å². The normalized spacial score (nSPS) is 12.4. The van der Waals surface area contributed by atoms with E-state index in [1.165, 1.54) is 11.1 Å². The van der Waals surface area contributed by atoms with E-state index < -0.39 is 0 Å². The van der Waals surface area contributed by atoms with Crippen LogP contribution in [0.15, 0.2) is 36.4 Å². The molecule has 2 heteroatoms. The number of hydrogen-bond donors (Lipinski definition) is 1. The van der Waals surface area contributed by atoms with Gasteiger partial charge in [0.15, 0.2) is 0 Å². The molecule has 112 valence electrons. The van der Waals surface area contributed by atoms with Gasteiger partial charge in [-0.3, -0.25) is 0 Å². The molecule has 0 aliphatic heterocycles. The van der Waals surface area contributed by atoms with E-state index in [2.05, 4.69) is 38.2 Å². The molecule has 0 fully saturated rings. The average Bonchev–Trinajstić information content (AvgIpc) is 2.47. The third-order valence-electron chi connectivity index (χ3n) is 4.02. The molecule has 0 amide bonds. The monoisotopic (exact) mass is 285 g/mol. The quantitative estimate of drug-likeness (QED) is 0.829. The van der Waals surface area contributed by atoms with Crippen molar-refractivity contribution in [3.8, 4) is 0 Å². The van der Waals surface area contributed by atoms with Gasteiger partial charge < -0.3 is 5.32 Å². The van der Waals surface area contributed by atoms with Crippen LogP contribution < -0.4 is 5.32 Å². The smallest absolute Gasteiger partial charge is 0.128 e. The van der Waals surface area contributed by atoms with E-state index in [1.807, 2.05) is 25.1 Å². The van der Waals surface area contributed by atoms with Crippen molar-refractivity contribution < 1.29 is 4.39 Å². The highest BCUT2D eigenvalue weighted by Crippen LogP contribution is 2.29. The molecule has 0 radical (unpaired) electrons. The summed E-state index contributed by atoms with van der Waals surface area (Å²) in [6, 6.07) is 11.5. The number of hydrogen-bond acceptors (Lipinski definition) is 1. The van der Waals surface area contributed by atoms with E-state index in [1.54, 1.807) is 6.07 Å². The Kier molecular flexibility index (Phi) is 5.13. The minimum atomic E-state index is -0.143.